The van der Waals surface area contributed by atoms with Crippen LogP contribution in [0.4, 0.5) is 0 Å². The molecule has 7 heteroatoms. The molecule has 0 bridgehead atoms. The third kappa shape index (κ3) is 4.47. The molecule has 21 heavy (non-hydrogen) atoms. The molecule has 1 aliphatic rings. The first-order chi connectivity index (χ1) is 9.81. The van der Waals surface area contributed by atoms with E-state index in [1.807, 2.05) is 6.92 Å². The van der Waals surface area contributed by atoms with E-state index in [1.54, 1.807) is 24.3 Å². The zero-order valence-electron chi connectivity index (χ0n) is 12.0. The van der Waals surface area contributed by atoms with Crippen LogP contribution in [-0.2, 0) is 20.5 Å². The lowest BCUT2D eigenvalue weighted by atomic mass is 9.94. The Labute approximate surface area is 130 Å². The number of sulfonamides is 1. The summed E-state index contributed by atoms with van der Waals surface area (Å²) in [4.78, 5) is 0.207. The summed E-state index contributed by atoms with van der Waals surface area (Å²) >= 11 is 4.97. The van der Waals surface area contributed by atoms with Crippen molar-refractivity contribution in [2.75, 3.05) is 13.2 Å². The lowest BCUT2D eigenvalue weighted by Gasteiger charge is -2.34. The fraction of sp³-hybridized carbons (Fsp3) is 0.500. The van der Waals surface area contributed by atoms with Crippen molar-refractivity contribution in [2.45, 2.75) is 31.1 Å². The molecular weight excluding hydrogens is 308 g/mol. The molecular formula is C14H20N2O3S2. The molecule has 3 N–H and O–H groups in total. The van der Waals surface area contributed by atoms with E-state index >= 15 is 0 Å². The molecule has 1 aliphatic heterocycles. The second kappa shape index (κ2) is 6.39. The maximum atomic E-state index is 12.4. The van der Waals surface area contributed by atoms with Gasteiger partial charge in [-0.25, -0.2) is 13.1 Å². The van der Waals surface area contributed by atoms with Crippen LogP contribution >= 0.6 is 12.2 Å². The number of hydrogen-bond donors (Lipinski definition) is 2. The van der Waals surface area contributed by atoms with Gasteiger partial charge in [-0.2, -0.15) is 0 Å². The third-order valence-electron chi connectivity index (χ3n) is 3.63. The van der Waals surface area contributed by atoms with Gasteiger partial charge in [0.2, 0.25) is 10.0 Å². The SMILES string of the molecule is CC1(NS(=O)(=O)Cc2ccccc2C(N)=S)CCOCC1. The van der Waals surface area contributed by atoms with Gasteiger partial charge >= 0.3 is 0 Å². The van der Waals surface area contributed by atoms with Crippen LogP contribution in [0.15, 0.2) is 24.3 Å². The first kappa shape index (κ1) is 16.4. The van der Waals surface area contributed by atoms with Gasteiger partial charge in [0.15, 0.2) is 0 Å². The smallest absolute Gasteiger partial charge is 0.216 e. The first-order valence-corrected chi connectivity index (χ1v) is 8.84. The molecule has 0 unspecified atom stereocenters. The fourth-order valence-corrected chi connectivity index (χ4v) is 4.31. The summed E-state index contributed by atoms with van der Waals surface area (Å²) in [6, 6.07) is 7.05. The normalized spacial score (nSPS) is 18.3. The van der Waals surface area contributed by atoms with Crippen molar-refractivity contribution in [3.63, 3.8) is 0 Å². The molecule has 0 aromatic heterocycles. The van der Waals surface area contributed by atoms with Crippen molar-refractivity contribution >= 4 is 27.2 Å². The Hall–Kier alpha value is -1.02. The molecule has 1 saturated heterocycles. The van der Waals surface area contributed by atoms with E-state index in [2.05, 4.69) is 4.72 Å². The van der Waals surface area contributed by atoms with Crippen LogP contribution in [0.3, 0.4) is 0 Å². The molecule has 2 rings (SSSR count). The van der Waals surface area contributed by atoms with Crippen molar-refractivity contribution in [1.82, 2.24) is 4.72 Å². The van der Waals surface area contributed by atoms with Crippen LogP contribution in [-0.4, -0.2) is 32.2 Å². The van der Waals surface area contributed by atoms with Gasteiger partial charge in [-0.1, -0.05) is 36.5 Å². The summed E-state index contributed by atoms with van der Waals surface area (Å²) in [5.41, 5.74) is 6.42. The second-order valence-electron chi connectivity index (χ2n) is 5.56. The largest absolute Gasteiger partial charge is 0.389 e. The Morgan fingerprint density at radius 3 is 2.62 bits per heavy atom. The molecule has 1 fully saturated rings. The van der Waals surface area contributed by atoms with E-state index in [-0.39, 0.29) is 10.7 Å². The summed E-state index contributed by atoms with van der Waals surface area (Å²) in [6.45, 7) is 3.05. The Kier molecular flexibility index (Phi) is 4.98. The van der Waals surface area contributed by atoms with E-state index in [4.69, 9.17) is 22.7 Å². The minimum atomic E-state index is -3.47. The number of rotatable bonds is 5. The van der Waals surface area contributed by atoms with E-state index in [0.717, 1.165) is 0 Å². The average molecular weight is 328 g/mol. The average Bonchev–Trinajstić information content (AvgIpc) is 2.37. The number of nitrogens with two attached hydrogens (primary N) is 1. The van der Waals surface area contributed by atoms with Gasteiger partial charge in [-0.3, -0.25) is 0 Å². The van der Waals surface area contributed by atoms with Crippen LogP contribution in [0.25, 0.3) is 0 Å². The zero-order valence-corrected chi connectivity index (χ0v) is 13.6. The molecule has 1 aromatic carbocycles. The number of hydrogen-bond acceptors (Lipinski definition) is 4. The fourth-order valence-electron chi connectivity index (χ4n) is 2.43. The molecule has 0 radical (unpaired) electrons. The first-order valence-electron chi connectivity index (χ1n) is 6.78. The van der Waals surface area contributed by atoms with Gasteiger partial charge in [0.05, 0.1) is 5.75 Å². The van der Waals surface area contributed by atoms with Gasteiger partial charge in [-0.05, 0) is 25.3 Å². The second-order valence-corrected chi connectivity index (χ2v) is 7.72. The Balaban J connectivity index is 2.16. The standard InChI is InChI=1S/C14H20N2O3S2/c1-14(6-8-19-9-7-14)16-21(17,18)10-11-4-2-3-5-12(11)13(15)20/h2-5,16H,6-10H2,1H3,(H2,15,20). The number of nitrogens with one attached hydrogen (secondary N) is 1. The van der Waals surface area contributed by atoms with Crippen LogP contribution in [0, 0.1) is 0 Å². The van der Waals surface area contributed by atoms with Crippen molar-refractivity contribution in [2.24, 2.45) is 5.73 Å². The van der Waals surface area contributed by atoms with E-state index in [1.165, 1.54) is 0 Å². The van der Waals surface area contributed by atoms with Crippen molar-refractivity contribution < 1.29 is 13.2 Å². The minimum Gasteiger partial charge on any atom is -0.389 e. The Morgan fingerprint density at radius 2 is 2.00 bits per heavy atom. The summed E-state index contributed by atoms with van der Waals surface area (Å²) in [5.74, 6) is -0.128. The molecule has 0 amide bonds. The van der Waals surface area contributed by atoms with Crippen LogP contribution in [0.1, 0.15) is 30.9 Å². The molecule has 5 nitrogen and oxygen atoms in total. The molecule has 0 atom stereocenters. The van der Waals surface area contributed by atoms with E-state index < -0.39 is 15.6 Å². The molecule has 0 aliphatic carbocycles. The number of thiocarbonyl (C=S) groups is 1. The quantitative estimate of drug-likeness (QED) is 0.797. The van der Waals surface area contributed by atoms with Crippen LogP contribution < -0.4 is 10.5 Å². The Bertz CT molecular complexity index is 623. The van der Waals surface area contributed by atoms with Gasteiger partial charge in [0.25, 0.3) is 0 Å². The third-order valence-corrected chi connectivity index (χ3v) is 5.34. The highest BCUT2D eigenvalue weighted by Gasteiger charge is 2.32. The molecule has 1 aromatic rings. The van der Waals surface area contributed by atoms with Gasteiger partial charge in [-0.15, -0.1) is 0 Å². The van der Waals surface area contributed by atoms with E-state index in [9.17, 15) is 8.42 Å². The lowest BCUT2D eigenvalue weighted by Crippen LogP contribution is -2.49. The summed E-state index contributed by atoms with van der Waals surface area (Å²) < 4.78 is 32.9. The Morgan fingerprint density at radius 1 is 1.38 bits per heavy atom. The molecule has 116 valence electrons. The predicted molar refractivity (Wildman–Crippen MR) is 86.5 cm³/mol. The molecule has 1 heterocycles. The predicted octanol–water partition coefficient (Wildman–Crippen LogP) is 1.31. The highest BCUT2D eigenvalue weighted by molar-refractivity contribution is 7.88. The topological polar surface area (TPSA) is 81.4 Å². The van der Waals surface area contributed by atoms with Crippen molar-refractivity contribution in [3.8, 4) is 0 Å². The minimum absolute atomic E-state index is 0.128. The highest BCUT2D eigenvalue weighted by atomic mass is 32.2. The van der Waals surface area contributed by atoms with E-state index in [0.29, 0.717) is 37.2 Å². The molecule has 0 spiro atoms. The van der Waals surface area contributed by atoms with Gasteiger partial charge in [0.1, 0.15) is 4.99 Å². The molecule has 0 saturated carbocycles. The van der Waals surface area contributed by atoms with Crippen LogP contribution in [0.5, 0.6) is 0 Å². The summed E-state index contributed by atoms with van der Waals surface area (Å²) in [6.07, 6.45) is 1.34. The van der Waals surface area contributed by atoms with Gasteiger partial charge in [0, 0.05) is 24.3 Å². The monoisotopic (exact) mass is 328 g/mol. The van der Waals surface area contributed by atoms with Crippen LogP contribution in [0.2, 0.25) is 0 Å². The summed E-state index contributed by atoms with van der Waals surface area (Å²) in [7, 11) is -3.47. The van der Waals surface area contributed by atoms with Crippen molar-refractivity contribution in [1.29, 1.82) is 0 Å². The maximum absolute atomic E-state index is 12.4. The number of ether oxygens (including phenoxy) is 1. The maximum Gasteiger partial charge on any atom is 0.216 e. The number of benzene rings is 1. The van der Waals surface area contributed by atoms with Gasteiger partial charge < -0.3 is 10.5 Å². The highest BCUT2D eigenvalue weighted by Crippen LogP contribution is 2.22. The van der Waals surface area contributed by atoms with Crippen molar-refractivity contribution in [3.05, 3.63) is 35.4 Å². The zero-order chi connectivity index (χ0) is 15.5. The lowest BCUT2D eigenvalue weighted by molar-refractivity contribution is 0.0537. The summed E-state index contributed by atoms with van der Waals surface area (Å²) in [5, 5.41) is 0.